The summed E-state index contributed by atoms with van der Waals surface area (Å²) in [7, 11) is 0. The Hall–Kier alpha value is -1.35. The van der Waals surface area contributed by atoms with E-state index < -0.39 is 0 Å². The van der Waals surface area contributed by atoms with Gasteiger partial charge >= 0.3 is 0 Å². The molecule has 0 saturated carbocycles. The number of carbonyl (C=O) groups excluding carboxylic acids is 1. The van der Waals surface area contributed by atoms with E-state index in [0.29, 0.717) is 11.4 Å². The Morgan fingerprint density at radius 3 is 3.00 bits per heavy atom. The van der Waals surface area contributed by atoms with Crippen LogP contribution in [0.25, 0.3) is 0 Å². The quantitative estimate of drug-likeness (QED) is 0.785. The van der Waals surface area contributed by atoms with Crippen molar-refractivity contribution in [1.29, 1.82) is 0 Å². The van der Waals surface area contributed by atoms with Gasteiger partial charge in [-0.15, -0.1) is 0 Å². The van der Waals surface area contributed by atoms with Crippen molar-refractivity contribution in [3.05, 3.63) is 34.9 Å². The van der Waals surface area contributed by atoms with E-state index in [4.69, 9.17) is 11.6 Å². The van der Waals surface area contributed by atoms with Gasteiger partial charge in [0.15, 0.2) is 0 Å². The van der Waals surface area contributed by atoms with Gasteiger partial charge in [0.05, 0.1) is 0 Å². The second-order valence-corrected chi connectivity index (χ2v) is 3.55. The monoisotopic (exact) mass is 208 g/mol. The Bertz CT molecular complexity index is 401. The van der Waals surface area contributed by atoms with Crippen molar-refractivity contribution in [2.75, 3.05) is 6.54 Å². The van der Waals surface area contributed by atoms with E-state index in [0.717, 1.165) is 11.4 Å². The Kier molecular flexibility index (Phi) is 2.50. The third-order valence-electron chi connectivity index (χ3n) is 1.96. The summed E-state index contributed by atoms with van der Waals surface area (Å²) in [6.45, 7) is 0.246. The summed E-state index contributed by atoms with van der Waals surface area (Å²) in [5, 5.41) is 3.39. The van der Waals surface area contributed by atoms with Gasteiger partial charge in [0.2, 0.25) is 5.91 Å². The number of aliphatic imine (C=N–C) groups is 1. The highest BCUT2D eigenvalue weighted by atomic mass is 35.5. The highest BCUT2D eigenvalue weighted by molar-refractivity contribution is 6.30. The van der Waals surface area contributed by atoms with Gasteiger partial charge in [0.25, 0.3) is 0 Å². The van der Waals surface area contributed by atoms with Gasteiger partial charge in [0, 0.05) is 11.4 Å². The van der Waals surface area contributed by atoms with E-state index in [1.807, 2.05) is 24.3 Å². The molecule has 0 aliphatic carbocycles. The number of hydrogen-bond donors (Lipinski definition) is 1. The molecule has 0 bridgehead atoms. The molecule has 1 aliphatic heterocycles. The Morgan fingerprint density at radius 1 is 1.50 bits per heavy atom. The van der Waals surface area contributed by atoms with Crippen LogP contribution < -0.4 is 5.32 Å². The summed E-state index contributed by atoms with van der Waals surface area (Å²) in [6, 6.07) is 7.53. The number of amidine groups is 1. The lowest BCUT2D eigenvalue weighted by atomic mass is 10.1. The van der Waals surface area contributed by atoms with Crippen molar-refractivity contribution in [2.45, 2.75) is 6.42 Å². The number of rotatable bonds is 2. The topological polar surface area (TPSA) is 41.5 Å². The van der Waals surface area contributed by atoms with E-state index >= 15 is 0 Å². The van der Waals surface area contributed by atoms with Gasteiger partial charge in [-0.25, -0.2) is 0 Å². The minimum Gasteiger partial charge on any atom is -0.313 e. The van der Waals surface area contributed by atoms with Crippen LogP contribution in [0.1, 0.15) is 5.56 Å². The fourth-order valence-corrected chi connectivity index (χ4v) is 1.56. The zero-order valence-corrected chi connectivity index (χ0v) is 8.21. The Morgan fingerprint density at radius 2 is 2.36 bits per heavy atom. The predicted molar refractivity (Wildman–Crippen MR) is 55.6 cm³/mol. The molecule has 1 heterocycles. The molecule has 14 heavy (non-hydrogen) atoms. The molecule has 0 fully saturated rings. The molecule has 1 aliphatic rings. The zero-order chi connectivity index (χ0) is 9.97. The van der Waals surface area contributed by atoms with Crippen LogP contribution in [0, 0.1) is 0 Å². The van der Waals surface area contributed by atoms with Crippen molar-refractivity contribution in [2.24, 2.45) is 4.99 Å². The number of amides is 1. The van der Waals surface area contributed by atoms with Crippen LogP contribution >= 0.6 is 11.6 Å². The smallest absolute Gasteiger partial charge is 0.247 e. The summed E-state index contributed by atoms with van der Waals surface area (Å²) in [5.74, 6) is 0.680. The summed E-state index contributed by atoms with van der Waals surface area (Å²) in [4.78, 5) is 14.9. The lowest BCUT2D eigenvalue weighted by Crippen LogP contribution is -2.25. The van der Waals surface area contributed by atoms with E-state index in [9.17, 15) is 4.79 Å². The molecule has 3 nitrogen and oxygen atoms in total. The molecule has 0 aromatic heterocycles. The van der Waals surface area contributed by atoms with Crippen LogP contribution in [0.15, 0.2) is 29.3 Å². The maximum absolute atomic E-state index is 10.9. The predicted octanol–water partition coefficient (Wildman–Crippen LogP) is 1.41. The molecule has 4 heteroatoms. The number of hydrogen-bond acceptors (Lipinski definition) is 2. The third kappa shape index (κ3) is 2.12. The largest absolute Gasteiger partial charge is 0.313 e. The molecular formula is C10H9ClN2O. The Balaban J connectivity index is 2.08. The fraction of sp³-hybridized carbons (Fsp3) is 0.200. The molecule has 0 unspecified atom stereocenters. The first-order valence-electron chi connectivity index (χ1n) is 4.31. The molecule has 1 aromatic carbocycles. The molecule has 0 saturated heterocycles. The molecular weight excluding hydrogens is 200 g/mol. The second kappa shape index (κ2) is 3.80. The molecule has 0 atom stereocenters. The lowest BCUT2D eigenvalue weighted by Gasteiger charge is -2.01. The van der Waals surface area contributed by atoms with Crippen molar-refractivity contribution in [3.63, 3.8) is 0 Å². The van der Waals surface area contributed by atoms with Gasteiger partial charge in [-0.2, -0.15) is 0 Å². The third-order valence-corrected chi connectivity index (χ3v) is 2.19. The summed E-state index contributed by atoms with van der Waals surface area (Å²) >= 11 is 5.83. The van der Waals surface area contributed by atoms with Crippen LogP contribution in [0.4, 0.5) is 0 Å². The normalized spacial score (nSPS) is 15.2. The molecule has 1 amide bonds. The number of halogens is 1. The van der Waals surface area contributed by atoms with Crippen LogP contribution in [0.3, 0.4) is 0 Å². The van der Waals surface area contributed by atoms with Crippen molar-refractivity contribution < 1.29 is 4.79 Å². The Labute approximate surface area is 86.8 Å². The molecule has 1 N–H and O–H groups in total. The zero-order valence-electron chi connectivity index (χ0n) is 7.46. The molecule has 2 rings (SSSR count). The molecule has 1 aromatic rings. The van der Waals surface area contributed by atoms with Gasteiger partial charge in [0.1, 0.15) is 12.4 Å². The van der Waals surface area contributed by atoms with Crippen molar-refractivity contribution in [1.82, 2.24) is 5.32 Å². The molecule has 72 valence electrons. The van der Waals surface area contributed by atoms with Crippen LogP contribution in [0.2, 0.25) is 5.02 Å². The van der Waals surface area contributed by atoms with Crippen LogP contribution in [0.5, 0.6) is 0 Å². The van der Waals surface area contributed by atoms with Gasteiger partial charge in [-0.05, 0) is 17.7 Å². The number of carbonyl (C=O) groups is 1. The first-order valence-corrected chi connectivity index (χ1v) is 4.69. The fourth-order valence-electron chi connectivity index (χ4n) is 1.35. The van der Waals surface area contributed by atoms with Gasteiger partial charge in [-0.1, -0.05) is 23.7 Å². The summed E-state index contributed by atoms with van der Waals surface area (Å²) in [5.41, 5.74) is 1.05. The highest BCUT2D eigenvalue weighted by Gasteiger charge is 2.12. The first-order chi connectivity index (χ1) is 6.74. The van der Waals surface area contributed by atoms with E-state index in [1.54, 1.807) is 0 Å². The van der Waals surface area contributed by atoms with Crippen LogP contribution in [-0.4, -0.2) is 18.3 Å². The maximum atomic E-state index is 10.9. The van der Waals surface area contributed by atoms with E-state index in [1.165, 1.54) is 0 Å². The van der Waals surface area contributed by atoms with Crippen LogP contribution in [-0.2, 0) is 11.2 Å². The van der Waals surface area contributed by atoms with Crippen molar-refractivity contribution >= 4 is 23.3 Å². The number of benzene rings is 1. The maximum Gasteiger partial charge on any atom is 0.247 e. The minimum absolute atomic E-state index is 0.0398. The number of nitrogens with zero attached hydrogens (tertiary/aromatic N) is 1. The van der Waals surface area contributed by atoms with Gasteiger partial charge in [-0.3, -0.25) is 9.79 Å². The average Bonchev–Trinajstić information content (AvgIpc) is 2.51. The molecule has 0 spiro atoms. The van der Waals surface area contributed by atoms with E-state index in [-0.39, 0.29) is 12.5 Å². The average molecular weight is 209 g/mol. The van der Waals surface area contributed by atoms with E-state index in [2.05, 4.69) is 10.3 Å². The number of nitrogens with one attached hydrogen (secondary N) is 1. The minimum atomic E-state index is -0.0398. The first kappa shape index (κ1) is 9.21. The lowest BCUT2D eigenvalue weighted by molar-refractivity contribution is -0.117. The summed E-state index contributed by atoms with van der Waals surface area (Å²) < 4.78 is 0. The van der Waals surface area contributed by atoms with Gasteiger partial charge < -0.3 is 5.32 Å². The second-order valence-electron chi connectivity index (χ2n) is 3.12. The highest BCUT2D eigenvalue weighted by Crippen LogP contribution is 2.11. The SMILES string of the molecule is O=C1CN=C(Cc2cccc(Cl)c2)N1. The summed E-state index contributed by atoms with van der Waals surface area (Å²) in [6.07, 6.45) is 0.631. The molecule has 0 radical (unpaired) electrons. The van der Waals surface area contributed by atoms with Crippen molar-refractivity contribution in [3.8, 4) is 0 Å². The standard InChI is InChI=1S/C10H9ClN2O/c11-8-3-1-2-7(4-8)5-9-12-6-10(14)13-9/h1-4H,5-6H2,(H,12,13,14).